The van der Waals surface area contributed by atoms with E-state index in [0.717, 1.165) is 23.3 Å². The lowest BCUT2D eigenvalue weighted by Gasteiger charge is -2.56. The van der Waals surface area contributed by atoms with Crippen molar-refractivity contribution in [2.45, 2.75) is 51.5 Å². The molecule has 2 aromatic rings. The minimum atomic E-state index is 0.0561. The van der Waals surface area contributed by atoms with E-state index in [9.17, 15) is 4.79 Å². The van der Waals surface area contributed by atoms with Crippen LogP contribution in [0, 0.1) is 23.2 Å². The number of anilines is 1. The molecule has 0 spiro atoms. The Morgan fingerprint density at radius 2 is 1.68 bits per heavy atom. The second-order valence-corrected chi connectivity index (χ2v) is 10.1. The molecule has 4 aliphatic carbocycles. The minimum absolute atomic E-state index is 0.0561. The Kier molecular flexibility index (Phi) is 4.67. The standard InChI is InChI=1S/C22H25Cl2N3O/c23-18-3-1-14(2-4-18)12-27-13-19(24)21(26-27)25-20(28)11-22-8-15-5-16(9-22)7-17(6-15)10-22/h1-4,13,15-17H,5-12H2,(H,25,26,28). The molecule has 0 atom stereocenters. The summed E-state index contributed by atoms with van der Waals surface area (Å²) in [5.74, 6) is 3.06. The third-order valence-corrected chi connectivity index (χ3v) is 7.46. The van der Waals surface area contributed by atoms with Gasteiger partial charge < -0.3 is 5.32 Å². The molecule has 6 heteroatoms. The van der Waals surface area contributed by atoms with Crippen LogP contribution in [0.3, 0.4) is 0 Å². The molecule has 1 amide bonds. The number of amides is 1. The van der Waals surface area contributed by atoms with Crippen LogP contribution in [0.2, 0.25) is 10.0 Å². The zero-order valence-electron chi connectivity index (χ0n) is 15.8. The van der Waals surface area contributed by atoms with Crippen molar-refractivity contribution in [2.75, 3.05) is 5.32 Å². The monoisotopic (exact) mass is 417 g/mol. The first-order chi connectivity index (χ1) is 13.5. The van der Waals surface area contributed by atoms with Gasteiger partial charge in [0, 0.05) is 17.6 Å². The van der Waals surface area contributed by atoms with E-state index in [2.05, 4.69) is 10.4 Å². The lowest BCUT2D eigenvalue weighted by atomic mass is 9.49. The molecule has 0 unspecified atom stereocenters. The highest BCUT2D eigenvalue weighted by molar-refractivity contribution is 6.33. The summed E-state index contributed by atoms with van der Waals surface area (Å²) in [5, 5.41) is 8.65. The van der Waals surface area contributed by atoms with Gasteiger partial charge in [-0.05, 0) is 79.4 Å². The molecular weight excluding hydrogens is 393 g/mol. The van der Waals surface area contributed by atoms with Crippen molar-refractivity contribution in [3.05, 3.63) is 46.1 Å². The van der Waals surface area contributed by atoms with Gasteiger partial charge in [0.15, 0.2) is 5.82 Å². The maximum Gasteiger partial charge on any atom is 0.226 e. The van der Waals surface area contributed by atoms with Crippen LogP contribution in [0.4, 0.5) is 5.82 Å². The maximum atomic E-state index is 12.8. The summed E-state index contributed by atoms with van der Waals surface area (Å²) in [5.41, 5.74) is 1.30. The Balaban J connectivity index is 1.24. The minimum Gasteiger partial charge on any atom is -0.308 e. The molecule has 4 saturated carbocycles. The van der Waals surface area contributed by atoms with Gasteiger partial charge in [0.2, 0.25) is 5.91 Å². The number of hydrogen-bond donors (Lipinski definition) is 1. The molecule has 28 heavy (non-hydrogen) atoms. The van der Waals surface area contributed by atoms with Gasteiger partial charge in [-0.3, -0.25) is 9.48 Å². The summed E-state index contributed by atoms with van der Waals surface area (Å²) in [4.78, 5) is 12.8. The van der Waals surface area contributed by atoms with E-state index >= 15 is 0 Å². The molecule has 0 saturated heterocycles. The number of rotatable bonds is 5. The zero-order chi connectivity index (χ0) is 19.3. The molecular formula is C22H25Cl2N3O. The summed E-state index contributed by atoms with van der Waals surface area (Å²) in [6.45, 7) is 0.585. The lowest BCUT2D eigenvalue weighted by Crippen LogP contribution is -2.47. The molecule has 4 aliphatic rings. The number of carbonyl (C=O) groups excluding carboxylic acids is 1. The van der Waals surface area contributed by atoms with Gasteiger partial charge in [-0.1, -0.05) is 35.3 Å². The summed E-state index contributed by atoms with van der Waals surface area (Å²) in [7, 11) is 0. The Morgan fingerprint density at radius 1 is 1.07 bits per heavy atom. The largest absolute Gasteiger partial charge is 0.308 e. The average Bonchev–Trinajstić information content (AvgIpc) is 2.94. The Bertz CT molecular complexity index is 854. The van der Waals surface area contributed by atoms with Crippen molar-refractivity contribution in [2.24, 2.45) is 23.2 Å². The summed E-state index contributed by atoms with van der Waals surface area (Å²) in [6, 6.07) is 7.64. The van der Waals surface area contributed by atoms with Crippen molar-refractivity contribution in [1.82, 2.24) is 9.78 Å². The molecule has 4 bridgehead atoms. The second-order valence-electron chi connectivity index (χ2n) is 9.29. The van der Waals surface area contributed by atoms with Gasteiger partial charge in [0.1, 0.15) is 5.02 Å². The average molecular weight is 418 g/mol. The number of halogens is 2. The molecule has 148 valence electrons. The molecule has 0 radical (unpaired) electrons. The molecule has 6 rings (SSSR count). The smallest absolute Gasteiger partial charge is 0.226 e. The first-order valence-electron chi connectivity index (χ1n) is 10.2. The number of nitrogens with one attached hydrogen (secondary N) is 1. The van der Waals surface area contributed by atoms with E-state index in [1.165, 1.54) is 38.5 Å². The van der Waals surface area contributed by atoms with Crippen LogP contribution >= 0.6 is 23.2 Å². The number of nitrogens with zero attached hydrogens (tertiary/aromatic N) is 2. The fourth-order valence-electron chi connectivity index (χ4n) is 6.36. The Hall–Kier alpha value is -1.52. The molecule has 1 aromatic heterocycles. The van der Waals surface area contributed by atoms with Crippen molar-refractivity contribution in [3.8, 4) is 0 Å². The third-order valence-electron chi connectivity index (χ3n) is 6.93. The van der Waals surface area contributed by atoms with E-state index in [4.69, 9.17) is 23.2 Å². The first-order valence-corrected chi connectivity index (χ1v) is 11.0. The normalized spacial score (nSPS) is 30.6. The molecule has 1 N–H and O–H groups in total. The fourth-order valence-corrected chi connectivity index (χ4v) is 6.69. The van der Waals surface area contributed by atoms with E-state index in [0.29, 0.717) is 28.8 Å². The number of aromatic nitrogens is 2. The maximum absolute atomic E-state index is 12.8. The topological polar surface area (TPSA) is 46.9 Å². The predicted octanol–water partition coefficient (Wildman–Crippen LogP) is 5.78. The predicted molar refractivity (Wildman–Crippen MR) is 112 cm³/mol. The van der Waals surface area contributed by atoms with E-state index in [1.807, 2.05) is 24.3 Å². The van der Waals surface area contributed by atoms with Gasteiger partial charge >= 0.3 is 0 Å². The molecule has 4 nitrogen and oxygen atoms in total. The number of carbonyl (C=O) groups is 1. The highest BCUT2D eigenvalue weighted by atomic mass is 35.5. The lowest BCUT2D eigenvalue weighted by molar-refractivity contribution is -0.124. The first kappa shape index (κ1) is 18.5. The molecule has 0 aliphatic heterocycles. The Morgan fingerprint density at radius 3 is 2.29 bits per heavy atom. The van der Waals surface area contributed by atoms with E-state index < -0.39 is 0 Å². The van der Waals surface area contributed by atoms with Crippen LogP contribution in [0.25, 0.3) is 0 Å². The van der Waals surface area contributed by atoms with Gasteiger partial charge in [-0.2, -0.15) is 5.10 Å². The van der Waals surface area contributed by atoms with Crippen molar-refractivity contribution < 1.29 is 4.79 Å². The van der Waals surface area contributed by atoms with Crippen LogP contribution in [0.5, 0.6) is 0 Å². The van der Waals surface area contributed by atoms with Crippen LogP contribution in [-0.2, 0) is 11.3 Å². The van der Waals surface area contributed by atoms with Crippen LogP contribution in [-0.4, -0.2) is 15.7 Å². The number of benzene rings is 1. The van der Waals surface area contributed by atoms with Gasteiger partial charge in [0.25, 0.3) is 0 Å². The summed E-state index contributed by atoms with van der Waals surface area (Å²) < 4.78 is 1.76. The van der Waals surface area contributed by atoms with Crippen molar-refractivity contribution in [1.29, 1.82) is 0 Å². The Labute approximate surface area is 175 Å². The van der Waals surface area contributed by atoms with E-state index in [1.54, 1.807) is 10.9 Å². The third kappa shape index (κ3) is 3.69. The summed E-state index contributed by atoms with van der Waals surface area (Å²) in [6.07, 6.45) is 10.2. The van der Waals surface area contributed by atoms with Crippen molar-refractivity contribution >= 4 is 34.9 Å². The highest BCUT2D eigenvalue weighted by Gasteiger charge is 2.51. The van der Waals surface area contributed by atoms with Crippen molar-refractivity contribution in [3.63, 3.8) is 0 Å². The SMILES string of the molecule is O=C(CC12CC3CC(CC(C3)C1)C2)Nc1nn(Cc2ccc(Cl)cc2)cc1Cl. The van der Waals surface area contributed by atoms with Gasteiger partial charge in [-0.15, -0.1) is 0 Å². The van der Waals surface area contributed by atoms with Crippen LogP contribution in [0.1, 0.15) is 50.5 Å². The van der Waals surface area contributed by atoms with Gasteiger partial charge in [-0.25, -0.2) is 0 Å². The fraction of sp³-hybridized carbons (Fsp3) is 0.545. The molecule has 1 heterocycles. The van der Waals surface area contributed by atoms with Crippen LogP contribution in [0.15, 0.2) is 30.5 Å². The molecule has 4 fully saturated rings. The second kappa shape index (κ2) is 7.07. The zero-order valence-corrected chi connectivity index (χ0v) is 17.3. The van der Waals surface area contributed by atoms with Crippen LogP contribution < -0.4 is 5.32 Å². The van der Waals surface area contributed by atoms with E-state index in [-0.39, 0.29) is 11.3 Å². The molecule has 1 aromatic carbocycles. The summed E-state index contributed by atoms with van der Waals surface area (Å²) >= 11 is 12.3. The quantitative estimate of drug-likeness (QED) is 0.669. The number of hydrogen-bond acceptors (Lipinski definition) is 2. The highest BCUT2D eigenvalue weighted by Crippen LogP contribution is 2.61. The van der Waals surface area contributed by atoms with Gasteiger partial charge in [0.05, 0.1) is 6.54 Å².